The van der Waals surface area contributed by atoms with E-state index in [9.17, 15) is 4.79 Å². The van der Waals surface area contributed by atoms with Crippen molar-refractivity contribution in [2.24, 2.45) is 4.99 Å². The van der Waals surface area contributed by atoms with Gasteiger partial charge in [0.1, 0.15) is 0 Å². The average Bonchev–Trinajstić information content (AvgIpc) is 3.02. The van der Waals surface area contributed by atoms with Crippen LogP contribution in [0.4, 0.5) is 0 Å². The van der Waals surface area contributed by atoms with Crippen LogP contribution in [0.25, 0.3) is 10.2 Å². The van der Waals surface area contributed by atoms with Crippen molar-refractivity contribution in [3.05, 3.63) is 64.5 Å². The second-order valence-electron chi connectivity index (χ2n) is 6.65. The molecule has 1 aromatic heterocycles. The number of nitrogens with zero attached hydrogens (tertiary/aromatic N) is 2. The zero-order valence-corrected chi connectivity index (χ0v) is 18.0. The summed E-state index contributed by atoms with van der Waals surface area (Å²) in [4.78, 5) is 17.6. The zero-order valence-electron chi connectivity index (χ0n) is 16.4. The number of benzene rings is 2. The van der Waals surface area contributed by atoms with Crippen molar-refractivity contribution in [1.29, 1.82) is 0 Å². The predicted molar refractivity (Wildman–Crippen MR) is 119 cm³/mol. The Morgan fingerprint density at radius 2 is 2.04 bits per heavy atom. The van der Waals surface area contributed by atoms with Crippen LogP contribution in [0.1, 0.15) is 24.0 Å². The van der Waals surface area contributed by atoms with Gasteiger partial charge in [0.25, 0.3) is 0 Å². The number of aryl methyl sites for hydroxylation is 1. The fraction of sp³-hybridized carbons (Fsp3) is 0.364. The van der Waals surface area contributed by atoms with Gasteiger partial charge >= 0.3 is 0 Å². The van der Waals surface area contributed by atoms with Crippen LogP contribution in [-0.4, -0.2) is 29.9 Å². The molecular formula is C22H26N2O2S2. The van der Waals surface area contributed by atoms with E-state index in [1.807, 2.05) is 17.8 Å². The second kappa shape index (κ2) is 10.6. The highest BCUT2D eigenvalue weighted by Gasteiger charge is 2.08. The lowest BCUT2D eigenvalue weighted by Gasteiger charge is -2.04. The molecule has 4 nitrogen and oxygen atoms in total. The van der Waals surface area contributed by atoms with Gasteiger partial charge in [0, 0.05) is 25.8 Å². The normalized spacial score (nSPS) is 12.0. The molecule has 0 spiro atoms. The number of amides is 1. The van der Waals surface area contributed by atoms with E-state index in [0.29, 0.717) is 19.6 Å². The summed E-state index contributed by atoms with van der Waals surface area (Å²) in [6, 6.07) is 16.8. The fourth-order valence-corrected chi connectivity index (χ4v) is 5.01. The van der Waals surface area contributed by atoms with Crippen LogP contribution < -0.4 is 4.80 Å². The standard InChI is InChI=1S/C22H26N2O2S2/c1-17-10-11-19-20(15-17)28-22(24(19)12-13-26-2)23-21(25)9-6-14-27-16-18-7-4-3-5-8-18/h3-5,7-8,10-11,15H,6,9,12-14,16H2,1-2H3. The van der Waals surface area contributed by atoms with Crippen LogP contribution in [0.15, 0.2) is 53.5 Å². The Morgan fingerprint density at radius 3 is 2.82 bits per heavy atom. The monoisotopic (exact) mass is 414 g/mol. The first kappa shape index (κ1) is 20.8. The van der Waals surface area contributed by atoms with Crippen molar-refractivity contribution in [2.75, 3.05) is 19.5 Å². The van der Waals surface area contributed by atoms with Gasteiger partial charge in [-0.1, -0.05) is 47.7 Å². The molecule has 0 radical (unpaired) electrons. The van der Waals surface area contributed by atoms with E-state index < -0.39 is 0 Å². The lowest BCUT2D eigenvalue weighted by atomic mass is 10.2. The summed E-state index contributed by atoms with van der Waals surface area (Å²) in [6.45, 7) is 3.36. The molecule has 0 N–H and O–H groups in total. The molecule has 0 saturated heterocycles. The predicted octanol–water partition coefficient (Wildman–Crippen LogP) is 4.80. The largest absolute Gasteiger partial charge is 0.383 e. The van der Waals surface area contributed by atoms with Crippen molar-refractivity contribution in [3.8, 4) is 0 Å². The summed E-state index contributed by atoms with van der Waals surface area (Å²) in [5.74, 6) is 1.90. The van der Waals surface area contributed by atoms with Gasteiger partial charge in [-0.15, -0.1) is 0 Å². The third kappa shape index (κ3) is 5.80. The number of rotatable bonds is 9. The summed E-state index contributed by atoms with van der Waals surface area (Å²) in [5.41, 5.74) is 3.64. The van der Waals surface area contributed by atoms with Crippen molar-refractivity contribution in [3.63, 3.8) is 0 Å². The molecule has 2 aromatic carbocycles. The Kier molecular flexibility index (Phi) is 7.89. The topological polar surface area (TPSA) is 43.6 Å². The summed E-state index contributed by atoms with van der Waals surface area (Å²) >= 11 is 3.43. The van der Waals surface area contributed by atoms with Gasteiger partial charge in [0.15, 0.2) is 4.80 Å². The van der Waals surface area contributed by atoms with Crippen molar-refractivity contribution in [2.45, 2.75) is 32.1 Å². The van der Waals surface area contributed by atoms with Crippen LogP contribution in [-0.2, 0) is 21.8 Å². The molecule has 0 bridgehead atoms. The number of fused-ring (bicyclic) bond motifs is 1. The van der Waals surface area contributed by atoms with E-state index in [2.05, 4.69) is 58.9 Å². The van der Waals surface area contributed by atoms with Crippen LogP contribution in [0.5, 0.6) is 0 Å². The molecule has 0 fully saturated rings. The van der Waals surface area contributed by atoms with Gasteiger partial charge in [0.2, 0.25) is 5.91 Å². The molecule has 3 rings (SSSR count). The van der Waals surface area contributed by atoms with E-state index in [1.165, 1.54) is 11.1 Å². The van der Waals surface area contributed by atoms with E-state index in [1.54, 1.807) is 18.4 Å². The number of thiazole rings is 1. The average molecular weight is 415 g/mol. The van der Waals surface area contributed by atoms with Crippen molar-refractivity contribution >= 4 is 39.2 Å². The van der Waals surface area contributed by atoms with E-state index >= 15 is 0 Å². The Bertz CT molecular complexity index is 977. The molecule has 0 unspecified atom stereocenters. The third-order valence-corrected chi connectivity index (χ3v) is 6.52. The number of methoxy groups -OCH3 is 1. The Labute approximate surface area is 174 Å². The fourth-order valence-electron chi connectivity index (χ4n) is 2.92. The SMILES string of the molecule is COCCn1c(=NC(=O)CCCSCc2ccccc2)sc2cc(C)ccc21. The van der Waals surface area contributed by atoms with Crippen LogP contribution in [0.2, 0.25) is 0 Å². The number of aromatic nitrogens is 1. The second-order valence-corrected chi connectivity index (χ2v) is 8.76. The highest BCUT2D eigenvalue weighted by atomic mass is 32.2. The Balaban J connectivity index is 1.61. The number of hydrogen-bond acceptors (Lipinski definition) is 4. The molecule has 0 aliphatic carbocycles. The van der Waals surface area contributed by atoms with Crippen molar-refractivity contribution in [1.82, 2.24) is 4.57 Å². The lowest BCUT2D eigenvalue weighted by molar-refractivity contribution is -0.118. The summed E-state index contributed by atoms with van der Waals surface area (Å²) in [6.07, 6.45) is 1.33. The quantitative estimate of drug-likeness (QED) is 0.473. The lowest BCUT2D eigenvalue weighted by Crippen LogP contribution is -2.19. The number of carbonyl (C=O) groups is 1. The van der Waals surface area contributed by atoms with Gasteiger partial charge in [-0.05, 0) is 42.4 Å². The molecule has 6 heteroatoms. The maximum Gasteiger partial charge on any atom is 0.248 e. The van der Waals surface area contributed by atoms with Gasteiger partial charge < -0.3 is 9.30 Å². The van der Waals surface area contributed by atoms with E-state index in [4.69, 9.17) is 4.74 Å². The first-order chi connectivity index (χ1) is 13.7. The molecule has 3 aromatic rings. The molecular weight excluding hydrogens is 388 g/mol. The molecule has 28 heavy (non-hydrogen) atoms. The maximum absolute atomic E-state index is 12.4. The van der Waals surface area contributed by atoms with Gasteiger partial charge in [-0.2, -0.15) is 16.8 Å². The molecule has 1 heterocycles. The minimum Gasteiger partial charge on any atom is -0.383 e. The minimum absolute atomic E-state index is 0.0465. The number of ether oxygens (including phenoxy) is 1. The molecule has 1 amide bonds. The van der Waals surface area contributed by atoms with Gasteiger partial charge in [-0.25, -0.2) is 0 Å². The third-order valence-electron chi connectivity index (χ3n) is 4.37. The summed E-state index contributed by atoms with van der Waals surface area (Å²) in [5, 5.41) is 0. The smallest absolute Gasteiger partial charge is 0.248 e. The van der Waals surface area contributed by atoms with Gasteiger partial charge in [0.05, 0.1) is 16.8 Å². The molecule has 0 aliphatic heterocycles. The van der Waals surface area contributed by atoms with Crippen LogP contribution in [0, 0.1) is 6.92 Å². The maximum atomic E-state index is 12.4. The number of thioether (sulfide) groups is 1. The molecule has 0 saturated carbocycles. The van der Waals surface area contributed by atoms with Crippen LogP contribution in [0.3, 0.4) is 0 Å². The van der Waals surface area contributed by atoms with Gasteiger partial charge in [-0.3, -0.25) is 4.79 Å². The van der Waals surface area contributed by atoms with E-state index in [-0.39, 0.29) is 5.91 Å². The van der Waals surface area contributed by atoms with E-state index in [0.717, 1.165) is 32.9 Å². The number of hydrogen-bond donors (Lipinski definition) is 0. The molecule has 0 atom stereocenters. The van der Waals surface area contributed by atoms with Crippen LogP contribution >= 0.6 is 23.1 Å². The molecule has 0 aliphatic rings. The Morgan fingerprint density at radius 1 is 1.21 bits per heavy atom. The highest BCUT2D eigenvalue weighted by Crippen LogP contribution is 2.19. The van der Waals surface area contributed by atoms with Crippen molar-refractivity contribution < 1.29 is 9.53 Å². The first-order valence-electron chi connectivity index (χ1n) is 9.45. The molecule has 148 valence electrons. The first-order valence-corrected chi connectivity index (χ1v) is 11.4. The number of carbonyl (C=O) groups excluding carboxylic acids is 1. The summed E-state index contributed by atoms with van der Waals surface area (Å²) in [7, 11) is 1.69. The minimum atomic E-state index is -0.0465. The Hall–Kier alpha value is -1.89. The highest BCUT2D eigenvalue weighted by molar-refractivity contribution is 7.98. The zero-order chi connectivity index (χ0) is 19.8. The summed E-state index contributed by atoms with van der Waals surface area (Å²) < 4.78 is 8.47.